The lowest BCUT2D eigenvalue weighted by Gasteiger charge is -2.16. The summed E-state index contributed by atoms with van der Waals surface area (Å²) < 4.78 is 53.8. The molecule has 37 heavy (non-hydrogen) atoms. The van der Waals surface area contributed by atoms with E-state index in [2.05, 4.69) is 10.4 Å². The fourth-order valence-corrected chi connectivity index (χ4v) is 3.62. The second-order valence-electron chi connectivity index (χ2n) is 8.21. The van der Waals surface area contributed by atoms with Gasteiger partial charge in [0, 0.05) is 0 Å². The summed E-state index contributed by atoms with van der Waals surface area (Å²) in [5.41, 5.74) is -2.52. The molecule has 0 bridgehead atoms. The van der Waals surface area contributed by atoms with E-state index in [4.69, 9.17) is 0 Å². The van der Waals surface area contributed by atoms with Gasteiger partial charge in [0.2, 0.25) is 5.69 Å². The molecule has 3 aromatic carbocycles. The molecular formula is C26H20F4N4O3. The molecular weight excluding hydrogens is 492 g/mol. The average Bonchev–Trinajstić information content (AvgIpc) is 2.88. The topological polar surface area (TPSA) is 86.0 Å². The minimum absolute atomic E-state index is 0.0870. The summed E-state index contributed by atoms with van der Waals surface area (Å²) in [6.07, 6.45) is -4.60. The van der Waals surface area contributed by atoms with Gasteiger partial charge < -0.3 is 5.32 Å². The fraction of sp³-hybridized carbons (Fsp3) is 0.154. The van der Waals surface area contributed by atoms with Gasteiger partial charge in [0.15, 0.2) is 0 Å². The van der Waals surface area contributed by atoms with Crippen LogP contribution in [0.2, 0.25) is 0 Å². The first-order valence-corrected chi connectivity index (χ1v) is 11.1. The lowest BCUT2D eigenvalue weighted by atomic mass is 10.1. The lowest BCUT2D eigenvalue weighted by Crippen LogP contribution is -2.46. The van der Waals surface area contributed by atoms with Crippen LogP contribution in [-0.4, -0.2) is 20.3 Å². The summed E-state index contributed by atoms with van der Waals surface area (Å²) in [6, 6.07) is 16.9. The number of hydrogen-bond donors (Lipinski definition) is 1. The van der Waals surface area contributed by atoms with Crippen molar-refractivity contribution in [1.29, 1.82) is 0 Å². The second kappa shape index (κ2) is 10.2. The molecule has 1 N–H and O–H groups in total. The van der Waals surface area contributed by atoms with Crippen LogP contribution in [0.25, 0.3) is 5.69 Å². The maximum Gasteiger partial charge on any atom is 0.416 e. The Balaban J connectivity index is 1.80. The molecule has 0 aliphatic carbocycles. The Morgan fingerprint density at radius 1 is 0.946 bits per heavy atom. The van der Waals surface area contributed by atoms with Gasteiger partial charge in [0.05, 0.1) is 23.8 Å². The van der Waals surface area contributed by atoms with Crippen molar-refractivity contribution in [3.8, 4) is 5.69 Å². The number of nitrogens with zero attached hydrogens (tertiary/aromatic N) is 3. The molecule has 1 atom stereocenters. The van der Waals surface area contributed by atoms with Crippen molar-refractivity contribution in [2.45, 2.75) is 25.7 Å². The first kappa shape index (κ1) is 25.5. The number of amides is 1. The summed E-state index contributed by atoms with van der Waals surface area (Å²) in [5, 5.41) is 6.57. The van der Waals surface area contributed by atoms with Crippen molar-refractivity contribution in [3.63, 3.8) is 0 Å². The largest absolute Gasteiger partial charge is 0.416 e. The Morgan fingerprint density at radius 2 is 1.57 bits per heavy atom. The Kier molecular flexibility index (Phi) is 7.05. The molecule has 0 saturated carbocycles. The van der Waals surface area contributed by atoms with Crippen molar-refractivity contribution < 1.29 is 22.4 Å². The first-order valence-electron chi connectivity index (χ1n) is 11.1. The second-order valence-corrected chi connectivity index (χ2v) is 8.21. The number of carbonyl (C=O) groups is 1. The van der Waals surface area contributed by atoms with E-state index in [1.54, 1.807) is 37.3 Å². The molecule has 0 radical (unpaired) electrons. The van der Waals surface area contributed by atoms with Gasteiger partial charge in [0.25, 0.3) is 11.5 Å². The maximum atomic E-state index is 13.3. The summed E-state index contributed by atoms with van der Waals surface area (Å²) in [7, 11) is 0. The molecule has 4 rings (SSSR count). The van der Waals surface area contributed by atoms with Crippen molar-refractivity contribution in [2.24, 2.45) is 0 Å². The third kappa shape index (κ3) is 5.66. The quantitative estimate of drug-likeness (QED) is 0.395. The zero-order valence-corrected chi connectivity index (χ0v) is 19.4. The molecule has 1 amide bonds. The molecule has 0 unspecified atom stereocenters. The summed E-state index contributed by atoms with van der Waals surface area (Å²) >= 11 is 0. The molecule has 1 aromatic heterocycles. The number of aromatic nitrogens is 3. The van der Waals surface area contributed by atoms with Gasteiger partial charge >= 0.3 is 11.9 Å². The van der Waals surface area contributed by atoms with Crippen LogP contribution in [0.4, 0.5) is 17.6 Å². The molecule has 0 aliphatic rings. The predicted molar refractivity (Wildman–Crippen MR) is 127 cm³/mol. The number of benzene rings is 3. The van der Waals surface area contributed by atoms with Crippen LogP contribution in [0.1, 0.15) is 40.1 Å². The Morgan fingerprint density at radius 3 is 2.16 bits per heavy atom. The number of nitrogens with one attached hydrogen (secondary N) is 1. The molecule has 11 heteroatoms. The minimum atomic E-state index is -4.60. The Hall–Kier alpha value is -4.54. The highest BCUT2D eigenvalue weighted by Gasteiger charge is 2.30. The van der Waals surface area contributed by atoms with E-state index >= 15 is 0 Å². The van der Waals surface area contributed by atoms with E-state index in [9.17, 15) is 31.9 Å². The summed E-state index contributed by atoms with van der Waals surface area (Å²) in [5.74, 6) is -1.40. The van der Waals surface area contributed by atoms with Crippen molar-refractivity contribution in [3.05, 3.63) is 128 Å². The molecule has 0 aliphatic heterocycles. The third-order valence-electron chi connectivity index (χ3n) is 5.62. The lowest BCUT2D eigenvalue weighted by molar-refractivity contribution is -0.137. The maximum absolute atomic E-state index is 13.3. The molecule has 190 valence electrons. The Labute approximate surface area is 207 Å². The normalized spacial score (nSPS) is 12.2. The van der Waals surface area contributed by atoms with Crippen LogP contribution >= 0.6 is 0 Å². The highest BCUT2D eigenvalue weighted by atomic mass is 19.4. The fourth-order valence-electron chi connectivity index (χ4n) is 3.62. The van der Waals surface area contributed by atoms with Crippen molar-refractivity contribution in [1.82, 2.24) is 19.7 Å². The molecule has 7 nitrogen and oxygen atoms in total. The smallest absolute Gasteiger partial charge is 0.344 e. The SMILES string of the molecule is C[C@H](NC(=O)c1nn(-c2ccc(C(F)(F)F)cc2)c(=O)n(Cc2ccc(F)cc2)c1=O)c1ccccc1. The van der Waals surface area contributed by atoms with E-state index in [0.717, 1.165) is 46.5 Å². The highest BCUT2D eigenvalue weighted by molar-refractivity contribution is 5.92. The van der Waals surface area contributed by atoms with Gasteiger partial charge in [-0.15, -0.1) is 0 Å². The van der Waals surface area contributed by atoms with Crippen LogP contribution in [0.5, 0.6) is 0 Å². The van der Waals surface area contributed by atoms with E-state index < -0.39 is 46.4 Å². The van der Waals surface area contributed by atoms with Crippen LogP contribution < -0.4 is 16.6 Å². The third-order valence-corrected chi connectivity index (χ3v) is 5.62. The first-order chi connectivity index (χ1) is 17.5. The molecule has 1 heterocycles. The zero-order valence-electron chi connectivity index (χ0n) is 19.4. The van der Waals surface area contributed by atoms with E-state index in [1.807, 2.05) is 0 Å². The van der Waals surface area contributed by atoms with Crippen molar-refractivity contribution >= 4 is 5.91 Å². The van der Waals surface area contributed by atoms with Gasteiger partial charge in [-0.3, -0.25) is 14.2 Å². The van der Waals surface area contributed by atoms with Crippen LogP contribution in [0.15, 0.2) is 88.5 Å². The van der Waals surface area contributed by atoms with Gasteiger partial charge in [-0.25, -0.2) is 9.18 Å². The van der Waals surface area contributed by atoms with Gasteiger partial charge in [-0.05, 0) is 54.4 Å². The van der Waals surface area contributed by atoms with E-state index in [0.29, 0.717) is 10.2 Å². The molecule has 0 fully saturated rings. The van der Waals surface area contributed by atoms with Crippen LogP contribution in [0.3, 0.4) is 0 Å². The van der Waals surface area contributed by atoms with Crippen LogP contribution in [-0.2, 0) is 12.7 Å². The highest BCUT2D eigenvalue weighted by Crippen LogP contribution is 2.29. The Bertz CT molecular complexity index is 1530. The van der Waals surface area contributed by atoms with E-state index in [1.165, 1.54) is 12.1 Å². The van der Waals surface area contributed by atoms with Gasteiger partial charge in [-0.1, -0.05) is 42.5 Å². The van der Waals surface area contributed by atoms with Gasteiger partial charge in [-0.2, -0.15) is 23.0 Å². The van der Waals surface area contributed by atoms with Gasteiger partial charge in [0.1, 0.15) is 5.82 Å². The number of hydrogen-bond acceptors (Lipinski definition) is 4. The van der Waals surface area contributed by atoms with Crippen molar-refractivity contribution in [2.75, 3.05) is 0 Å². The van der Waals surface area contributed by atoms with Crippen LogP contribution in [0, 0.1) is 5.82 Å². The standard InChI is InChI=1S/C26H20F4N4O3/c1-16(18-5-3-2-4-6-18)31-23(35)22-24(36)33(15-17-7-11-20(27)12-8-17)25(37)34(32-22)21-13-9-19(10-14-21)26(28,29)30/h2-14,16H,15H2,1H3,(H,31,35)/t16-/m0/s1. The number of halogens is 4. The molecule has 4 aromatic rings. The average molecular weight is 512 g/mol. The zero-order chi connectivity index (χ0) is 26.7. The molecule has 0 spiro atoms. The summed E-state index contributed by atoms with van der Waals surface area (Å²) in [4.78, 5) is 39.5. The number of carbonyl (C=O) groups excluding carboxylic acids is 1. The number of rotatable bonds is 6. The van der Waals surface area contributed by atoms with E-state index in [-0.39, 0.29) is 12.2 Å². The number of alkyl halides is 3. The predicted octanol–water partition coefficient (Wildman–Crippen LogP) is 4.09. The molecule has 0 saturated heterocycles. The minimum Gasteiger partial charge on any atom is -0.344 e. The monoisotopic (exact) mass is 512 g/mol. The summed E-state index contributed by atoms with van der Waals surface area (Å²) in [6.45, 7) is 1.37.